The predicted octanol–water partition coefficient (Wildman–Crippen LogP) is 2.10. The van der Waals surface area contributed by atoms with Gasteiger partial charge in [-0.2, -0.15) is 0 Å². The molecular weight excluding hydrogens is 218 g/mol. The van der Waals surface area contributed by atoms with Crippen LogP contribution in [-0.2, 0) is 6.42 Å². The molecule has 16 heavy (non-hydrogen) atoms. The van der Waals surface area contributed by atoms with Gasteiger partial charge in [-0.1, -0.05) is 17.8 Å². The summed E-state index contributed by atoms with van der Waals surface area (Å²) in [6, 6.07) is 4.63. The third-order valence-electron chi connectivity index (χ3n) is 2.54. The number of nitrogens with one attached hydrogen (secondary N) is 1. The number of hydrogen-bond donors (Lipinski definition) is 1. The molecule has 2 rings (SSSR count). The van der Waals surface area contributed by atoms with Gasteiger partial charge >= 0.3 is 0 Å². The lowest BCUT2D eigenvalue weighted by atomic mass is 10.2. The highest BCUT2D eigenvalue weighted by atomic mass is 32.2. The average molecular weight is 235 g/mol. The van der Waals surface area contributed by atoms with Crippen molar-refractivity contribution in [3.63, 3.8) is 0 Å². The molecule has 0 saturated carbocycles. The summed E-state index contributed by atoms with van der Waals surface area (Å²) in [5, 5.41) is 4.50. The van der Waals surface area contributed by atoms with Gasteiger partial charge < -0.3 is 5.32 Å². The lowest BCUT2D eigenvalue weighted by Gasteiger charge is -2.21. The first-order valence-electron chi connectivity index (χ1n) is 5.67. The van der Waals surface area contributed by atoms with E-state index in [0.29, 0.717) is 6.04 Å². The monoisotopic (exact) mass is 235 g/mol. The highest BCUT2D eigenvalue weighted by Crippen LogP contribution is 2.13. The topological polar surface area (TPSA) is 37.3 Å². The Morgan fingerprint density at radius 1 is 1.62 bits per heavy atom. The SMILES string of the molecule is CC1CCSC(=NCCc2cccnc2)N1. The number of hydrogen-bond acceptors (Lipinski definition) is 3. The highest BCUT2D eigenvalue weighted by molar-refractivity contribution is 8.13. The molecule has 0 radical (unpaired) electrons. The number of rotatable bonds is 3. The summed E-state index contributed by atoms with van der Waals surface area (Å²) in [6.45, 7) is 3.05. The summed E-state index contributed by atoms with van der Waals surface area (Å²) in [4.78, 5) is 8.66. The molecule has 86 valence electrons. The molecule has 1 aromatic heterocycles. The minimum atomic E-state index is 0.568. The first-order valence-corrected chi connectivity index (χ1v) is 6.66. The van der Waals surface area contributed by atoms with E-state index in [1.807, 2.05) is 24.0 Å². The Morgan fingerprint density at radius 3 is 3.31 bits per heavy atom. The van der Waals surface area contributed by atoms with E-state index in [2.05, 4.69) is 28.3 Å². The number of nitrogens with zero attached hydrogens (tertiary/aromatic N) is 2. The maximum atomic E-state index is 4.57. The van der Waals surface area contributed by atoms with E-state index in [9.17, 15) is 0 Å². The van der Waals surface area contributed by atoms with Crippen molar-refractivity contribution in [1.29, 1.82) is 0 Å². The molecule has 1 aliphatic heterocycles. The second kappa shape index (κ2) is 5.89. The van der Waals surface area contributed by atoms with Gasteiger partial charge in [0.05, 0.1) is 0 Å². The standard InChI is InChI=1S/C12H17N3S/c1-10-5-8-16-12(15-10)14-7-4-11-3-2-6-13-9-11/h2-3,6,9-10H,4-5,7-8H2,1H3,(H,14,15). The van der Waals surface area contributed by atoms with Crippen molar-refractivity contribution < 1.29 is 0 Å². The van der Waals surface area contributed by atoms with Gasteiger partial charge in [-0.05, 0) is 31.4 Å². The van der Waals surface area contributed by atoms with Gasteiger partial charge in [0.25, 0.3) is 0 Å². The van der Waals surface area contributed by atoms with Crippen LogP contribution in [0.5, 0.6) is 0 Å². The van der Waals surface area contributed by atoms with E-state index in [-0.39, 0.29) is 0 Å². The summed E-state index contributed by atoms with van der Waals surface area (Å²) in [7, 11) is 0. The molecule has 3 nitrogen and oxygen atoms in total. The van der Waals surface area contributed by atoms with Crippen molar-refractivity contribution in [3.05, 3.63) is 30.1 Å². The molecule has 1 fully saturated rings. The van der Waals surface area contributed by atoms with Crippen LogP contribution >= 0.6 is 11.8 Å². The third-order valence-corrected chi connectivity index (χ3v) is 3.50. The molecule has 0 amide bonds. The fraction of sp³-hybridized carbons (Fsp3) is 0.500. The Kier molecular flexibility index (Phi) is 4.22. The van der Waals surface area contributed by atoms with Crippen molar-refractivity contribution in [3.8, 4) is 0 Å². The number of aromatic nitrogens is 1. The summed E-state index contributed by atoms with van der Waals surface area (Å²) in [6.07, 6.45) is 5.90. The van der Waals surface area contributed by atoms with Gasteiger partial charge in [0.1, 0.15) is 0 Å². The maximum absolute atomic E-state index is 4.57. The lowest BCUT2D eigenvalue weighted by Crippen LogP contribution is -2.35. The second-order valence-electron chi connectivity index (χ2n) is 3.98. The van der Waals surface area contributed by atoms with Gasteiger partial charge in [-0.3, -0.25) is 9.98 Å². The molecule has 1 atom stereocenters. The zero-order valence-electron chi connectivity index (χ0n) is 9.52. The molecule has 1 unspecified atom stereocenters. The lowest BCUT2D eigenvalue weighted by molar-refractivity contribution is 0.642. The summed E-state index contributed by atoms with van der Waals surface area (Å²) >= 11 is 1.83. The fourth-order valence-electron chi connectivity index (χ4n) is 1.58. The van der Waals surface area contributed by atoms with Gasteiger partial charge in [-0.25, -0.2) is 0 Å². The Labute approximate surface area is 101 Å². The normalized spacial score (nSPS) is 23.1. The van der Waals surface area contributed by atoms with Crippen molar-refractivity contribution in [2.45, 2.75) is 25.8 Å². The van der Waals surface area contributed by atoms with E-state index in [0.717, 1.165) is 18.1 Å². The van der Waals surface area contributed by atoms with E-state index >= 15 is 0 Å². The molecule has 0 aliphatic carbocycles. The van der Waals surface area contributed by atoms with E-state index in [4.69, 9.17) is 0 Å². The number of aliphatic imine (C=N–C) groups is 1. The molecule has 1 aliphatic rings. The summed E-state index contributed by atoms with van der Waals surface area (Å²) < 4.78 is 0. The van der Waals surface area contributed by atoms with E-state index in [1.54, 1.807) is 6.20 Å². The van der Waals surface area contributed by atoms with Gasteiger partial charge in [0, 0.05) is 30.7 Å². The molecule has 4 heteroatoms. The number of amidine groups is 1. The van der Waals surface area contributed by atoms with Crippen LogP contribution in [0.15, 0.2) is 29.5 Å². The van der Waals surface area contributed by atoms with Gasteiger partial charge in [-0.15, -0.1) is 0 Å². The van der Waals surface area contributed by atoms with Crippen LogP contribution in [0.25, 0.3) is 0 Å². The van der Waals surface area contributed by atoms with Gasteiger partial charge in [0.2, 0.25) is 0 Å². The highest BCUT2D eigenvalue weighted by Gasteiger charge is 2.12. The summed E-state index contributed by atoms with van der Waals surface area (Å²) in [5.41, 5.74) is 1.25. The average Bonchev–Trinajstić information content (AvgIpc) is 2.30. The van der Waals surface area contributed by atoms with Gasteiger partial charge in [0.15, 0.2) is 5.17 Å². The van der Waals surface area contributed by atoms with Crippen molar-refractivity contribution in [1.82, 2.24) is 10.3 Å². The summed E-state index contributed by atoms with van der Waals surface area (Å²) in [5.74, 6) is 1.18. The second-order valence-corrected chi connectivity index (χ2v) is 5.06. The first-order chi connectivity index (χ1) is 7.84. The molecule has 2 heterocycles. The van der Waals surface area contributed by atoms with Crippen LogP contribution in [0.1, 0.15) is 18.9 Å². The molecule has 1 N–H and O–H groups in total. The van der Waals surface area contributed by atoms with Crippen LogP contribution in [-0.4, -0.2) is 28.5 Å². The molecule has 0 spiro atoms. The predicted molar refractivity (Wildman–Crippen MR) is 69.9 cm³/mol. The van der Waals surface area contributed by atoms with Crippen molar-refractivity contribution in [2.75, 3.05) is 12.3 Å². The molecule has 1 aromatic rings. The number of thioether (sulfide) groups is 1. The van der Waals surface area contributed by atoms with Crippen LogP contribution in [0.3, 0.4) is 0 Å². The molecule has 0 bridgehead atoms. The molecular formula is C12H17N3S. The molecule has 0 aromatic carbocycles. The largest absolute Gasteiger partial charge is 0.362 e. The zero-order chi connectivity index (χ0) is 11.2. The Morgan fingerprint density at radius 2 is 2.56 bits per heavy atom. The van der Waals surface area contributed by atoms with Crippen molar-refractivity contribution >= 4 is 16.9 Å². The minimum absolute atomic E-state index is 0.568. The van der Waals surface area contributed by atoms with Crippen LogP contribution in [0.4, 0.5) is 0 Å². The Hall–Kier alpha value is -1.03. The van der Waals surface area contributed by atoms with E-state index < -0.39 is 0 Å². The zero-order valence-corrected chi connectivity index (χ0v) is 10.3. The maximum Gasteiger partial charge on any atom is 0.156 e. The van der Waals surface area contributed by atoms with Crippen LogP contribution in [0.2, 0.25) is 0 Å². The molecule has 1 saturated heterocycles. The van der Waals surface area contributed by atoms with Crippen LogP contribution in [0, 0.1) is 0 Å². The smallest absolute Gasteiger partial charge is 0.156 e. The quantitative estimate of drug-likeness (QED) is 0.871. The van der Waals surface area contributed by atoms with Crippen LogP contribution < -0.4 is 5.32 Å². The third kappa shape index (κ3) is 3.52. The Bertz CT molecular complexity index is 351. The van der Waals surface area contributed by atoms with E-state index in [1.165, 1.54) is 17.7 Å². The number of pyridine rings is 1. The fourth-order valence-corrected chi connectivity index (χ4v) is 2.71. The first kappa shape index (κ1) is 11.5. The Balaban J connectivity index is 1.80. The minimum Gasteiger partial charge on any atom is -0.362 e. The van der Waals surface area contributed by atoms with Crippen molar-refractivity contribution in [2.24, 2.45) is 4.99 Å².